The minimum Gasteiger partial charge on any atom is -0.343 e. The molecular weight excluding hydrogens is 1050 g/mol. The second-order valence-corrected chi connectivity index (χ2v) is 32.8. The van der Waals surface area contributed by atoms with E-state index in [1.54, 1.807) is 0 Å². The molecule has 0 aromatic heterocycles. The van der Waals surface area contributed by atoms with Gasteiger partial charge in [-0.2, -0.15) is 0 Å². The fourth-order valence-electron chi connectivity index (χ4n) is 5.33. The first-order chi connectivity index (χ1) is 27.9. The fraction of sp³-hybridized carbons (Fsp3) is 0.857. The Hall–Kier alpha value is -0.240. The maximum atomic E-state index is 13.2. The van der Waals surface area contributed by atoms with E-state index in [0.717, 1.165) is 0 Å². The Kier molecular flexibility index (Phi) is 22.6. The van der Waals surface area contributed by atoms with Gasteiger partial charge in [0.05, 0.1) is 18.9 Å². The first kappa shape index (κ1) is 60.8. The largest absolute Gasteiger partial charge is 0.360 e. The molecular formula is C21H51N6O27P9. The Morgan fingerprint density at radius 2 is 0.508 bits per heavy atom. The molecule has 0 aliphatic carbocycles. The molecule has 0 bridgehead atoms. The molecule has 42 heteroatoms. The number of hydrogen-bond acceptors (Lipinski definition) is 15. The summed E-state index contributed by atoms with van der Waals surface area (Å²) in [6, 6.07) is 0. The lowest BCUT2D eigenvalue weighted by molar-refractivity contribution is -0.121. The maximum Gasteiger partial charge on any atom is 0.360 e. The van der Waals surface area contributed by atoms with Crippen LogP contribution in [-0.4, -0.2) is 199 Å². The highest BCUT2D eigenvalue weighted by Gasteiger charge is 2.47. The highest BCUT2D eigenvalue weighted by Crippen LogP contribution is 2.60. The van der Waals surface area contributed by atoms with Crippen molar-refractivity contribution in [2.75, 3.05) is 76.6 Å². The molecule has 1 saturated heterocycles. The summed E-state index contributed by atoms with van der Waals surface area (Å²) in [6.07, 6.45) is -8.17. The van der Waals surface area contributed by atoms with Gasteiger partial charge in [-0.15, -0.1) is 0 Å². The van der Waals surface area contributed by atoms with E-state index in [-0.39, 0.29) is 39.3 Å². The number of nitrogens with zero attached hydrogens (tertiary/aromatic N) is 3. The SMILES string of the molecule is O=C(CCP(=O)(O)CN1CCN(CP(=O)(O)CCC(=O)NC(P(=O)(O)O)P(=O)(O)O)CCN(CP(=O)(O)CCC(=O)NC(P(=O)(O)O)P(=O)(O)O)CC1)NC(P(=O)(O)O)P(=O)(O)O. The number of hydrogen-bond donors (Lipinski definition) is 18. The molecule has 18 N–H and O–H groups in total. The minimum atomic E-state index is -5.63. The zero-order chi connectivity index (χ0) is 49.4. The van der Waals surface area contributed by atoms with Gasteiger partial charge in [-0.05, 0) is 0 Å². The second kappa shape index (κ2) is 23.4. The number of carbonyl (C=O) groups excluding carboxylic acids is 3. The van der Waals surface area contributed by atoms with Crippen molar-refractivity contribution in [1.29, 1.82) is 0 Å². The van der Waals surface area contributed by atoms with E-state index in [0.29, 0.717) is 0 Å². The number of rotatable bonds is 24. The minimum absolute atomic E-state index is 0.243. The summed E-state index contributed by atoms with van der Waals surface area (Å²) < 4.78 is 109. The van der Waals surface area contributed by atoms with Crippen LogP contribution in [0.2, 0.25) is 0 Å². The third kappa shape index (κ3) is 24.1. The average Bonchev–Trinajstić information content (AvgIpc) is 3.13. The molecule has 1 fully saturated rings. The molecule has 0 radical (unpaired) electrons. The monoisotopic (exact) mass is 1100 g/mol. The fourth-order valence-corrected chi connectivity index (χ4v) is 16.7. The third-order valence-corrected chi connectivity index (χ3v) is 23.6. The standard InChI is InChI=1S/C21H51N6O27P9/c28-16(22-19(58(37,38)39)59(40,41)42)1-10-55(31,32)13-25-4-6-26(14-56(33,34)11-2-17(29)23-20(60(43,44)45)61(46,47)48)8-9-27(7-5-25)15-57(35,36)12-3-18(30)24-21(62(49,50)51)63(52,53)54/h19-21H,1-15H2,(H,22,28)(H,23,29)(H,24,30)(H,31,32)(H,33,34)(H,35,36)(H2,37,38,39)(H2,40,41,42)(H2,43,44,45)(H2,46,47,48)(H2,49,50,51)(H2,52,53,54). The van der Waals surface area contributed by atoms with E-state index < -0.39 is 159 Å². The molecule has 33 nitrogen and oxygen atoms in total. The Morgan fingerprint density at radius 1 is 0.349 bits per heavy atom. The van der Waals surface area contributed by atoms with Crippen LogP contribution < -0.4 is 16.0 Å². The number of carbonyl (C=O) groups is 3. The van der Waals surface area contributed by atoms with Gasteiger partial charge < -0.3 is 89.4 Å². The van der Waals surface area contributed by atoms with E-state index in [1.807, 2.05) is 0 Å². The lowest BCUT2D eigenvalue weighted by Gasteiger charge is -2.28. The predicted molar refractivity (Wildman–Crippen MR) is 215 cm³/mol. The lowest BCUT2D eigenvalue weighted by Crippen LogP contribution is -2.38. The normalized spacial score (nSPS) is 19.3. The molecule has 3 unspecified atom stereocenters. The maximum absolute atomic E-state index is 13.2. The summed E-state index contributed by atoms with van der Waals surface area (Å²) in [5.41, 5.74) is -8.90. The van der Waals surface area contributed by atoms with Crippen LogP contribution in [-0.2, 0) is 55.5 Å². The molecule has 0 aromatic rings. The van der Waals surface area contributed by atoms with Crippen LogP contribution in [0.5, 0.6) is 0 Å². The van der Waals surface area contributed by atoms with Crippen molar-refractivity contribution in [3.05, 3.63) is 0 Å². The smallest absolute Gasteiger partial charge is 0.343 e. The Morgan fingerprint density at radius 3 is 0.651 bits per heavy atom. The van der Waals surface area contributed by atoms with Crippen LogP contribution in [0, 0.1) is 0 Å². The van der Waals surface area contributed by atoms with Crippen LogP contribution >= 0.6 is 67.7 Å². The van der Waals surface area contributed by atoms with E-state index in [2.05, 4.69) is 0 Å². The average molecular weight is 1100 g/mol. The van der Waals surface area contributed by atoms with Gasteiger partial charge in [-0.3, -0.25) is 70.2 Å². The molecule has 0 saturated carbocycles. The van der Waals surface area contributed by atoms with E-state index in [1.165, 1.54) is 30.7 Å². The first-order valence-corrected chi connectivity index (χ1v) is 33.4. The second-order valence-electron chi connectivity index (χ2n) is 14.1. The van der Waals surface area contributed by atoms with Gasteiger partial charge in [0.2, 0.25) is 56.4 Å². The van der Waals surface area contributed by atoms with Gasteiger partial charge in [0.15, 0.2) is 0 Å². The van der Waals surface area contributed by atoms with Crippen molar-refractivity contribution < 1.29 is 129 Å². The summed E-state index contributed by atoms with van der Waals surface area (Å²) >= 11 is 0. The van der Waals surface area contributed by atoms with E-state index >= 15 is 0 Å². The first-order valence-electron chi connectivity index (χ1n) is 17.2. The van der Waals surface area contributed by atoms with Gasteiger partial charge in [0.25, 0.3) is 0 Å². The van der Waals surface area contributed by atoms with Gasteiger partial charge in [0.1, 0.15) is 0 Å². The van der Waals surface area contributed by atoms with Gasteiger partial charge in [0, 0.05) is 77.0 Å². The topological polar surface area (TPSA) is 554 Å². The molecule has 3 atom stereocenters. The molecule has 0 aromatic carbocycles. The summed E-state index contributed by atoms with van der Waals surface area (Å²) in [5.74, 6) is -4.33. The number of nitrogens with one attached hydrogen (secondary N) is 3. The zero-order valence-electron chi connectivity index (χ0n) is 32.3. The zero-order valence-corrected chi connectivity index (χ0v) is 40.4. The van der Waals surface area contributed by atoms with Gasteiger partial charge >= 0.3 is 45.6 Å². The van der Waals surface area contributed by atoms with E-state index in [9.17, 15) is 129 Å². The molecule has 1 rings (SSSR count). The van der Waals surface area contributed by atoms with Crippen LogP contribution in [0.25, 0.3) is 0 Å². The molecule has 63 heavy (non-hydrogen) atoms. The van der Waals surface area contributed by atoms with Crippen LogP contribution in [0.15, 0.2) is 0 Å². The van der Waals surface area contributed by atoms with Crippen molar-refractivity contribution in [1.82, 2.24) is 30.7 Å². The Balaban J connectivity index is 3.28. The van der Waals surface area contributed by atoms with Crippen LogP contribution in [0.3, 0.4) is 0 Å². The van der Waals surface area contributed by atoms with Crippen molar-refractivity contribution in [3.8, 4) is 0 Å². The molecule has 372 valence electrons. The predicted octanol–water partition coefficient (Wildman–Crippen LogP) is -3.97. The third-order valence-electron chi connectivity index (χ3n) is 8.31. The van der Waals surface area contributed by atoms with Crippen molar-refractivity contribution in [3.63, 3.8) is 0 Å². The highest BCUT2D eigenvalue weighted by atomic mass is 31.3. The van der Waals surface area contributed by atoms with Crippen LogP contribution in [0.1, 0.15) is 19.3 Å². The molecule has 0 spiro atoms. The molecule has 1 aliphatic heterocycles. The van der Waals surface area contributed by atoms with Gasteiger partial charge in [-0.1, -0.05) is 0 Å². The Labute approximate surface area is 356 Å². The summed E-state index contributed by atoms with van der Waals surface area (Å²) in [4.78, 5) is 183. The highest BCUT2D eigenvalue weighted by molar-refractivity contribution is 7.71. The van der Waals surface area contributed by atoms with Crippen molar-refractivity contribution in [2.45, 2.75) is 35.8 Å². The summed E-state index contributed by atoms with van der Waals surface area (Å²) in [5, 5.41) is 4.26. The van der Waals surface area contributed by atoms with Crippen molar-refractivity contribution >= 4 is 85.4 Å². The molecule has 1 aliphatic rings. The van der Waals surface area contributed by atoms with E-state index in [4.69, 9.17) is 0 Å². The number of amides is 3. The molecule has 1 heterocycles. The van der Waals surface area contributed by atoms with Crippen molar-refractivity contribution in [2.24, 2.45) is 0 Å². The molecule has 3 amide bonds. The Bertz CT molecular complexity index is 1770. The summed E-state index contributed by atoms with van der Waals surface area (Å²) in [6.45, 7) is -1.46. The summed E-state index contributed by atoms with van der Waals surface area (Å²) in [7, 11) is -47.3. The quantitative estimate of drug-likeness (QED) is 0.0410. The van der Waals surface area contributed by atoms with Crippen LogP contribution in [0.4, 0.5) is 0 Å². The lowest BCUT2D eigenvalue weighted by atomic mass is 10.4. The van der Waals surface area contributed by atoms with Gasteiger partial charge in [-0.25, -0.2) is 0 Å².